The molecule has 0 aromatic carbocycles. The SMILES string of the molecule is CC(=O)C(CCCCNC(=O)CCC(=O)C(C)C)NC(=O)C(CCCCNC(C)C)NC(=O)CCC(=O)C(C)C. The molecule has 4 N–H and O–H groups in total. The molecule has 0 spiro atoms. The first-order valence-electron chi connectivity index (χ1n) is 14.9. The molecule has 230 valence electrons. The number of amides is 3. The Morgan fingerprint density at radius 1 is 0.575 bits per heavy atom. The molecule has 0 aliphatic heterocycles. The van der Waals surface area contributed by atoms with E-state index in [2.05, 4.69) is 35.1 Å². The summed E-state index contributed by atoms with van der Waals surface area (Å²) in [6.07, 6.45) is 4.11. The first kappa shape index (κ1) is 37.4. The summed E-state index contributed by atoms with van der Waals surface area (Å²) in [5.41, 5.74) is 0. The third-order valence-corrected chi connectivity index (χ3v) is 6.66. The van der Waals surface area contributed by atoms with Crippen LogP contribution in [0.25, 0.3) is 0 Å². The zero-order valence-electron chi connectivity index (χ0n) is 25.8. The third kappa shape index (κ3) is 18.6. The Labute approximate surface area is 240 Å². The van der Waals surface area contributed by atoms with Crippen LogP contribution in [-0.2, 0) is 28.8 Å². The van der Waals surface area contributed by atoms with Crippen molar-refractivity contribution in [2.45, 2.75) is 131 Å². The number of hydrogen-bond donors (Lipinski definition) is 4. The van der Waals surface area contributed by atoms with Crippen molar-refractivity contribution in [1.82, 2.24) is 21.3 Å². The van der Waals surface area contributed by atoms with Crippen LogP contribution in [0.3, 0.4) is 0 Å². The number of Topliss-reactive ketones (excluding diaryl/α,β-unsaturated/α-hetero) is 3. The van der Waals surface area contributed by atoms with E-state index in [0.717, 1.165) is 13.0 Å². The highest BCUT2D eigenvalue weighted by Crippen LogP contribution is 2.08. The Bertz CT molecular complexity index is 825. The van der Waals surface area contributed by atoms with E-state index in [0.29, 0.717) is 44.7 Å². The Kier molecular flexibility index (Phi) is 19.8. The molecule has 10 nitrogen and oxygen atoms in total. The van der Waals surface area contributed by atoms with Gasteiger partial charge < -0.3 is 21.3 Å². The van der Waals surface area contributed by atoms with Gasteiger partial charge in [-0.3, -0.25) is 28.8 Å². The van der Waals surface area contributed by atoms with E-state index in [1.54, 1.807) is 13.8 Å². The molecule has 2 atom stereocenters. The molecule has 0 aliphatic rings. The van der Waals surface area contributed by atoms with E-state index < -0.39 is 18.0 Å². The van der Waals surface area contributed by atoms with Gasteiger partial charge in [0.05, 0.1) is 6.04 Å². The van der Waals surface area contributed by atoms with E-state index in [9.17, 15) is 28.8 Å². The first-order chi connectivity index (χ1) is 18.7. The zero-order chi connectivity index (χ0) is 30.7. The maximum atomic E-state index is 13.1. The van der Waals surface area contributed by atoms with Gasteiger partial charge in [0.25, 0.3) is 0 Å². The highest BCUT2D eigenvalue weighted by Gasteiger charge is 2.25. The lowest BCUT2D eigenvalue weighted by Gasteiger charge is -2.22. The van der Waals surface area contributed by atoms with Crippen LogP contribution in [0.15, 0.2) is 0 Å². The average molecular weight is 567 g/mol. The highest BCUT2D eigenvalue weighted by molar-refractivity contribution is 5.93. The fourth-order valence-corrected chi connectivity index (χ4v) is 3.89. The minimum absolute atomic E-state index is 0.00667. The van der Waals surface area contributed by atoms with E-state index in [1.807, 2.05) is 13.8 Å². The number of rotatable bonds is 23. The van der Waals surface area contributed by atoms with Crippen LogP contribution in [0, 0.1) is 11.8 Å². The minimum Gasteiger partial charge on any atom is -0.356 e. The summed E-state index contributed by atoms with van der Waals surface area (Å²) in [7, 11) is 0. The standard InChI is InChI=1S/C30H54N4O6/c1-20(2)26(36)14-16-28(38)32-19-11-8-12-24(23(7)35)34-30(40)25(13-9-10-18-31-22(5)6)33-29(39)17-15-27(37)21(3)4/h20-22,24-25,31H,8-19H2,1-7H3,(H,32,38)(H,33,39)(H,34,40). The van der Waals surface area contributed by atoms with Crippen LogP contribution in [-0.4, -0.2) is 66.3 Å². The maximum absolute atomic E-state index is 13.1. The molecule has 0 heterocycles. The van der Waals surface area contributed by atoms with Gasteiger partial charge in [0.2, 0.25) is 17.7 Å². The molecule has 0 radical (unpaired) electrons. The average Bonchev–Trinajstić information content (AvgIpc) is 2.87. The van der Waals surface area contributed by atoms with E-state index in [1.165, 1.54) is 6.92 Å². The zero-order valence-corrected chi connectivity index (χ0v) is 25.8. The fourth-order valence-electron chi connectivity index (χ4n) is 3.89. The van der Waals surface area contributed by atoms with E-state index in [-0.39, 0.29) is 66.7 Å². The predicted molar refractivity (Wildman–Crippen MR) is 157 cm³/mol. The summed E-state index contributed by atoms with van der Waals surface area (Å²) in [6, 6.07) is -1.14. The molecule has 0 aromatic rings. The van der Waals surface area contributed by atoms with Crippen LogP contribution in [0.1, 0.15) is 113 Å². The lowest BCUT2D eigenvalue weighted by molar-refractivity contribution is -0.132. The molecule has 10 heteroatoms. The van der Waals surface area contributed by atoms with Gasteiger partial charge in [-0.2, -0.15) is 0 Å². The van der Waals surface area contributed by atoms with Crippen molar-refractivity contribution < 1.29 is 28.8 Å². The lowest BCUT2D eigenvalue weighted by atomic mass is 10.0. The molecule has 3 amide bonds. The summed E-state index contributed by atoms with van der Waals surface area (Å²) in [5, 5.41) is 11.7. The Hall–Kier alpha value is -2.62. The van der Waals surface area contributed by atoms with Gasteiger partial charge in [-0.25, -0.2) is 0 Å². The largest absolute Gasteiger partial charge is 0.356 e. The van der Waals surface area contributed by atoms with Crippen LogP contribution in [0.5, 0.6) is 0 Å². The van der Waals surface area contributed by atoms with Gasteiger partial charge in [0.1, 0.15) is 17.6 Å². The molecular formula is C30H54N4O6. The Balaban J connectivity index is 4.84. The van der Waals surface area contributed by atoms with Gasteiger partial charge in [-0.05, 0) is 52.0 Å². The summed E-state index contributed by atoms with van der Waals surface area (Å²) in [4.78, 5) is 73.4. The molecule has 0 bridgehead atoms. The second-order valence-electron chi connectivity index (χ2n) is 11.5. The van der Waals surface area contributed by atoms with Crippen molar-refractivity contribution in [2.75, 3.05) is 13.1 Å². The van der Waals surface area contributed by atoms with Gasteiger partial charge in [0.15, 0.2) is 5.78 Å². The topological polar surface area (TPSA) is 151 Å². The number of hydrogen-bond acceptors (Lipinski definition) is 7. The minimum atomic E-state index is -0.796. The normalized spacial score (nSPS) is 12.8. The molecule has 0 aliphatic carbocycles. The van der Waals surface area contributed by atoms with Gasteiger partial charge in [-0.15, -0.1) is 0 Å². The lowest BCUT2D eigenvalue weighted by Crippen LogP contribution is -2.51. The fraction of sp³-hybridized carbons (Fsp3) is 0.800. The van der Waals surface area contributed by atoms with Crippen molar-refractivity contribution in [2.24, 2.45) is 11.8 Å². The van der Waals surface area contributed by atoms with Crippen LogP contribution in [0.2, 0.25) is 0 Å². The second-order valence-corrected chi connectivity index (χ2v) is 11.5. The predicted octanol–water partition coefficient (Wildman–Crippen LogP) is 3.01. The van der Waals surface area contributed by atoms with Crippen molar-refractivity contribution in [1.29, 1.82) is 0 Å². The third-order valence-electron chi connectivity index (χ3n) is 6.66. The van der Waals surface area contributed by atoms with Crippen molar-refractivity contribution in [3.8, 4) is 0 Å². The molecule has 0 aromatic heterocycles. The van der Waals surface area contributed by atoms with Crippen LogP contribution < -0.4 is 21.3 Å². The quantitative estimate of drug-likeness (QED) is 0.139. The summed E-state index contributed by atoms with van der Waals surface area (Å²) >= 11 is 0. The number of carbonyl (C=O) groups excluding carboxylic acids is 6. The summed E-state index contributed by atoms with van der Waals surface area (Å²) < 4.78 is 0. The van der Waals surface area contributed by atoms with Gasteiger partial charge >= 0.3 is 0 Å². The van der Waals surface area contributed by atoms with Crippen molar-refractivity contribution in [3.05, 3.63) is 0 Å². The number of carbonyl (C=O) groups is 6. The maximum Gasteiger partial charge on any atom is 0.243 e. The van der Waals surface area contributed by atoms with Crippen molar-refractivity contribution >= 4 is 35.1 Å². The summed E-state index contributed by atoms with van der Waals surface area (Å²) in [5.74, 6) is -1.33. The molecule has 2 unspecified atom stereocenters. The van der Waals surface area contributed by atoms with Gasteiger partial charge in [0, 0.05) is 50.1 Å². The Morgan fingerprint density at radius 3 is 1.57 bits per heavy atom. The van der Waals surface area contributed by atoms with Crippen LogP contribution in [0.4, 0.5) is 0 Å². The van der Waals surface area contributed by atoms with Gasteiger partial charge in [-0.1, -0.05) is 41.5 Å². The molecule has 0 saturated carbocycles. The number of unbranched alkanes of at least 4 members (excludes halogenated alkanes) is 2. The summed E-state index contributed by atoms with van der Waals surface area (Å²) in [6.45, 7) is 13.9. The monoisotopic (exact) mass is 566 g/mol. The second kappa shape index (κ2) is 21.2. The molecule has 0 rings (SSSR count). The molecule has 0 saturated heterocycles. The van der Waals surface area contributed by atoms with Crippen LogP contribution >= 0.6 is 0 Å². The Morgan fingerprint density at radius 2 is 1.07 bits per heavy atom. The highest BCUT2D eigenvalue weighted by atomic mass is 16.2. The van der Waals surface area contributed by atoms with E-state index >= 15 is 0 Å². The molecular weight excluding hydrogens is 512 g/mol. The molecule has 0 fully saturated rings. The molecule has 40 heavy (non-hydrogen) atoms. The number of nitrogens with one attached hydrogen (secondary N) is 4. The van der Waals surface area contributed by atoms with Crippen molar-refractivity contribution in [3.63, 3.8) is 0 Å². The number of ketones is 3. The van der Waals surface area contributed by atoms with E-state index in [4.69, 9.17) is 0 Å². The first-order valence-corrected chi connectivity index (χ1v) is 14.9. The smallest absolute Gasteiger partial charge is 0.243 e.